The van der Waals surface area contributed by atoms with Crippen LogP contribution in [0.5, 0.6) is 0 Å². The fraction of sp³-hybridized carbons (Fsp3) is 0.231. The molecule has 0 aliphatic rings. The second-order valence-electron chi connectivity index (χ2n) is 3.96. The first-order chi connectivity index (χ1) is 9.06. The molecule has 0 fully saturated rings. The van der Waals surface area contributed by atoms with Crippen molar-refractivity contribution in [3.63, 3.8) is 0 Å². The Balaban J connectivity index is 2.68. The molecule has 0 spiro atoms. The van der Waals surface area contributed by atoms with E-state index in [1.165, 1.54) is 4.90 Å². The summed E-state index contributed by atoms with van der Waals surface area (Å²) >= 11 is 0. The highest BCUT2D eigenvalue weighted by atomic mass is 16.2. The molecule has 1 rings (SSSR count). The molecule has 0 aromatic heterocycles. The zero-order valence-corrected chi connectivity index (χ0v) is 10.7. The molecule has 0 unspecified atom stereocenters. The summed E-state index contributed by atoms with van der Waals surface area (Å²) in [5.74, 6) is 0.0231. The summed E-state index contributed by atoms with van der Waals surface area (Å²) in [5, 5.41) is 20.6. The van der Waals surface area contributed by atoms with Gasteiger partial charge in [0.1, 0.15) is 12.1 Å². The van der Waals surface area contributed by atoms with E-state index in [1.54, 1.807) is 50.5 Å². The molecule has 0 atom stereocenters. The number of anilines is 1. The van der Waals surface area contributed by atoms with Crippen LogP contribution in [-0.2, 0) is 11.2 Å². The van der Waals surface area contributed by atoms with E-state index in [4.69, 9.17) is 10.5 Å². The van der Waals surface area contributed by atoms with Crippen molar-refractivity contribution >= 4 is 17.3 Å². The van der Waals surface area contributed by atoms with Gasteiger partial charge in [-0.05, 0) is 17.7 Å². The van der Waals surface area contributed by atoms with Gasteiger partial charge in [0.05, 0.1) is 12.1 Å². The van der Waals surface area contributed by atoms with Crippen LogP contribution in [0.1, 0.15) is 5.56 Å². The third-order valence-corrected chi connectivity index (χ3v) is 2.32. The first kappa shape index (κ1) is 14.2. The van der Waals surface area contributed by atoms with Crippen LogP contribution in [-0.4, -0.2) is 30.6 Å². The Bertz CT molecular complexity index is 544. The molecule has 1 amide bonds. The quantitative estimate of drug-likeness (QED) is 0.644. The smallest absolute Gasteiger partial charge is 0.237 e. The van der Waals surface area contributed by atoms with Crippen LogP contribution in [0.15, 0.2) is 29.4 Å². The Morgan fingerprint density at radius 3 is 2.32 bits per heavy atom. The molecule has 1 aromatic rings. The summed E-state index contributed by atoms with van der Waals surface area (Å²) in [6, 6.07) is 10.3. The van der Waals surface area contributed by atoms with Crippen LogP contribution in [0, 0.1) is 22.7 Å². The van der Waals surface area contributed by atoms with Crippen molar-refractivity contribution < 1.29 is 4.79 Å². The molecule has 6 nitrogen and oxygen atoms in total. The summed E-state index contributed by atoms with van der Waals surface area (Å²) in [5.41, 5.74) is 3.88. The van der Waals surface area contributed by atoms with Crippen LogP contribution in [0.3, 0.4) is 0 Å². The van der Waals surface area contributed by atoms with E-state index in [9.17, 15) is 4.79 Å². The van der Waals surface area contributed by atoms with Crippen LogP contribution in [0.4, 0.5) is 5.69 Å². The monoisotopic (exact) mass is 255 g/mol. The van der Waals surface area contributed by atoms with Crippen LogP contribution >= 0.6 is 0 Å². The largest absolute Gasteiger partial charge is 0.349 e. The van der Waals surface area contributed by atoms with E-state index in [0.29, 0.717) is 12.1 Å². The molecule has 1 aromatic carbocycles. The first-order valence-electron chi connectivity index (χ1n) is 5.50. The lowest BCUT2D eigenvalue weighted by Gasteiger charge is -2.10. The maximum absolute atomic E-state index is 11.5. The van der Waals surface area contributed by atoms with Crippen molar-refractivity contribution in [2.45, 2.75) is 6.42 Å². The van der Waals surface area contributed by atoms with Gasteiger partial charge >= 0.3 is 0 Å². The fourth-order valence-electron chi connectivity index (χ4n) is 1.23. The zero-order chi connectivity index (χ0) is 14.3. The highest BCUT2D eigenvalue weighted by Gasteiger charge is 2.05. The number of carbonyl (C=O) groups excluding carboxylic acids is 1. The lowest BCUT2D eigenvalue weighted by molar-refractivity contribution is -0.127. The van der Waals surface area contributed by atoms with Gasteiger partial charge in [0, 0.05) is 14.1 Å². The number of nitrogens with one attached hydrogen (secondary N) is 1. The predicted octanol–water partition coefficient (Wildman–Crippen LogP) is 1.13. The molecule has 1 N–H and O–H groups in total. The molecule has 6 heteroatoms. The van der Waals surface area contributed by atoms with E-state index in [-0.39, 0.29) is 11.6 Å². The standard InChI is InChI=1S/C13H13N5O/c1-18(2)13(19)7-10-3-5-11(6-4-10)16-17-12(8-14)9-15/h3-6,16H,7H2,1-2H3. The van der Waals surface area contributed by atoms with Gasteiger partial charge in [0.2, 0.25) is 11.6 Å². The van der Waals surface area contributed by atoms with E-state index in [1.807, 2.05) is 0 Å². The summed E-state index contributed by atoms with van der Waals surface area (Å²) in [7, 11) is 3.41. The second kappa shape index (κ2) is 6.77. The number of rotatable bonds is 4. The molecular formula is C13H13N5O. The van der Waals surface area contributed by atoms with Crippen molar-refractivity contribution in [2.75, 3.05) is 19.5 Å². The lowest BCUT2D eigenvalue weighted by Crippen LogP contribution is -2.23. The number of nitrogens with zero attached hydrogens (tertiary/aromatic N) is 4. The lowest BCUT2D eigenvalue weighted by atomic mass is 10.1. The van der Waals surface area contributed by atoms with E-state index in [0.717, 1.165) is 5.56 Å². The van der Waals surface area contributed by atoms with Gasteiger partial charge in [-0.3, -0.25) is 10.2 Å². The predicted molar refractivity (Wildman–Crippen MR) is 71.1 cm³/mol. The maximum Gasteiger partial charge on any atom is 0.237 e. The van der Waals surface area contributed by atoms with E-state index >= 15 is 0 Å². The highest BCUT2D eigenvalue weighted by Crippen LogP contribution is 2.10. The molecule has 0 saturated heterocycles. The topological polar surface area (TPSA) is 92.3 Å². The summed E-state index contributed by atoms with van der Waals surface area (Å²) < 4.78 is 0. The Hall–Kier alpha value is -2.86. The number of hydrogen-bond donors (Lipinski definition) is 1. The Morgan fingerprint density at radius 1 is 1.26 bits per heavy atom. The van der Waals surface area contributed by atoms with Gasteiger partial charge in [-0.25, -0.2) is 0 Å². The molecule has 0 aliphatic heterocycles. The number of likely N-dealkylation sites (N-methyl/N-ethyl adjacent to an activating group) is 1. The highest BCUT2D eigenvalue weighted by molar-refractivity contribution is 6.10. The minimum Gasteiger partial charge on any atom is -0.349 e. The third kappa shape index (κ3) is 4.49. The minimum atomic E-state index is -0.244. The Kier molecular flexibility index (Phi) is 5.06. The third-order valence-electron chi connectivity index (χ3n) is 2.32. The van der Waals surface area contributed by atoms with Gasteiger partial charge in [0.25, 0.3) is 0 Å². The van der Waals surface area contributed by atoms with Gasteiger partial charge < -0.3 is 4.90 Å². The van der Waals surface area contributed by atoms with Crippen LogP contribution in [0.2, 0.25) is 0 Å². The number of hydrogen-bond acceptors (Lipinski definition) is 5. The number of hydrazone groups is 1. The second-order valence-corrected chi connectivity index (χ2v) is 3.96. The van der Waals surface area contributed by atoms with Crippen molar-refractivity contribution in [2.24, 2.45) is 5.10 Å². The van der Waals surface area contributed by atoms with Gasteiger partial charge in [-0.2, -0.15) is 15.6 Å². The average Bonchev–Trinajstić information content (AvgIpc) is 2.41. The molecule has 96 valence electrons. The van der Waals surface area contributed by atoms with Gasteiger partial charge in [-0.1, -0.05) is 12.1 Å². The Morgan fingerprint density at radius 2 is 1.84 bits per heavy atom. The first-order valence-corrected chi connectivity index (χ1v) is 5.50. The summed E-state index contributed by atoms with van der Waals surface area (Å²) in [6.45, 7) is 0. The molecule has 0 radical (unpaired) electrons. The Labute approximate surface area is 111 Å². The summed E-state index contributed by atoms with van der Waals surface area (Å²) in [4.78, 5) is 13.0. The average molecular weight is 255 g/mol. The van der Waals surface area contributed by atoms with Gasteiger partial charge in [-0.15, -0.1) is 0 Å². The SMILES string of the molecule is CN(C)C(=O)Cc1ccc(NN=C(C#N)C#N)cc1. The van der Waals surface area contributed by atoms with Crippen LogP contribution in [0.25, 0.3) is 0 Å². The maximum atomic E-state index is 11.5. The summed E-state index contributed by atoms with van der Waals surface area (Å²) in [6.07, 6.45) is 0.332. The number of carbonyl (C=O) groups is 1. The minimum absolute atomic E-state index is 0.0231. The molecule has 0 bridgehead atoms. The van der Waals surface area contributed by atoms with E-state index < -0.39 is 0 Å². The van der Waals surface area contributed by atoms with E-state index in [2.05, 4.69) is 10.5 Å². The fourth-order valence-corrected chi connectivity index (χ4v) is 1.23. The molecule has 19 heavy (non-hydrogen) atoms. The van der Waals surface area contributed by atoms with Crippen molar-refractivity contribution in [1.29, 1.82) is 10.5 Å². The van der Waals surface area contributed by atoms with Crippen LogP contribution < -0.4 is 5.43 Å². The molecule has 0 saturated carbocycles. The molecule has 0 aliphatic carbocycles. The van der Waals surface area contributed by atoms with Crippen molar-refractivity contribution in [1.82, 2.24) is 4.90 Å². The normalized spacial score (nSPS) is 8.84. The number of amides is 1. The number of benzene rings is 1. The zero-order valence-electron chi connectivity index (χ0n) is 10.7. The van der Waals surface area contributed by atoms with Crippen molar-refractivity contribution in [3.8, 4) is 12.1 Å². The number of nitriles is 2. The molecule has 0 heterocycles. The van der Waals surface area contributed by atoms with Crippen molar-refractivity contribution in [3.05, 3.63) is 29.8 Å². The van der Waals surface area contributed by atoms with Gasteiger partial charge in [0.15, 0.2) is 0 Å². The molecular weight excluding hydrogens is 242 g/mol.